The molecule has 0 bridgehead atoms. The highest BCUT2D eigenvalue weighted by Crippen LogP contribution is 2.20. The van der Waals surface area contributed by atoms with Crippen LogP contribution in [0.1, 0.15) is 30.4 Å². The van der Waals surface area contributed by atoms with Gasteiger partial charge in [-0.2, -0.15) is 0 Å². The van der Waals surface area contributed by atoms with E-state index >= 15 is 0 Å². The number of benzene rings is 2. The zero-order valence-corrected chi connectivity index (χ0v) is 24.3. The van der Waals surface area contributed by atoms with E-state index in [0.717, 1.165) is 0 Å². The van der Waals surface area contributed by atoms with Crippen molar-refractivity contribution in [1.29, 1.82) is 0 Å². The van der Waals surface area contributed by atoms with Gasteiger partial charge in [-0.3, -0.25) is 24.0 Å². The monoisotopic (exact) mass is 627 g/mol. The summed E-state index contributed by atoms with van der Waals surface area (Å²) in [4.78, 5) is 77.3. The minimum absolute atomic E-state index is 0.0409. The number of phenols is 1. The van der Waals surface area contributed by atoms with Crippen LogP contribution >= 0.6 is 0 Å². The molecule has 15 nitrogen and oxygen atoms in total. The Morgan fingerprint density at radius 2 is 1.42 bits per heavy atom. The molecule has 4 amide bonds. The molecule has 0 unspecified atom stereocenters. The van der Waals surface area contributed by atoms with Crippen molar-refractivity contribution in [2.45, 2.75) is 62.3 Å². The summed E-state index contributed by atoms with van der Waals surface area (Å²) in [6.07, 6.45) is -0.421. The van der Waals surface area contributed by atoms with Crippen LogP contribution in [-0.4, -0.2) is 104 Å². The van der Waals surface area contributed by atoms with Crippen molar-refractivity contribution < 1.29 is 49.2 Å². The lowest BCUT2D eigenvalue weighted by Gasteiger charge is -2.30. The number of aliphatic hydroxyl groups excluding tert-OH is 1. The van der Waals surface area contributed by atoms with Gasteiger partial charge in [-0.15, -0.1) is 0 Å². The number of hydrogen-bond donors (Lipinski definition) is 8. The molecule has 0 aromatic heterocycles. The Balaban J connectivity index is 1.76. The average Bonchev–Trinajstić information content (AvgIpc) is 3.50. The number of hydrogen-bond acceptors (Lipinski definition) is 9. The third kappa shape index (κ3) is 10.0. The van der Waals surface area contributed by atoms with Crippen LogP contribution in [0.4, 0.5) is 0 Å². The summed E-state index contributed by atoms with van der Waals surface area (Å²) in [5.74, 6) is -6.16. The number of rotatable bonds is 15. The molecule has 0 aliphatic carbocycles. The topological polar surface area (TPSA) is 249 Å². The van der Waals surface area contributed by atoms with Crippen molar-refractivity contribution in [3.8, 4) is 5.75 Å². The Kier molecular flexibility index (Phi) is 12.4. The number of amides is 4. The number of likely N-dealkylation sites (tertiary alicyclic amines) is 1. The van der Waals surface area contributed by atoms with Gasteiger partial charge in [-0.25, -0.2) is 4.79 Å². The van der Waals surface area contributed by atoms with Crippen LogP contribution < -0.4 is 21.7 Å². The Morgan fingerprint density at radius 3 is 2.02 bits per heavy atom. The first-order valence-corrected chi connectivity index (χ1v) is 14.2. The van der Waals surface area contributed by atoms with Gasteiger partial charge in [-0.05, 0) is 36.1 Å². The number of carboxylic acids is 2. The van der Waals surface area contributed by atoms with Crippen LogP contribution in [0, 0.1) is 0 Å². The molecule has 0 spiro atoms. The van der Waals surface area contributed by atoms with Gasteiger partial charge < -0.3 is 47.0 Å². The molecule has 2 aromatic rings. The van der Waals surface area contributed by atoms with Crippen LogP contribution in [0.2, 0.25) is 0 Å². The molecule has 1 saturated heterocycles. The van der Waals surface area contributed by atoms with Crippen LogP contribution in [0.3, 0.4) is 0 Å². The molecule has 1 aliphatic rings. The molecule has 2 aromatic carbocycles. The highest BCUT2D eigenvalue weighted by atomic mass is 16.4. The fourth-order valence-electron chi connectivity index (χ4n) is 4.91. The number of nitrogens with zero attached hydrogens (tertiary/aromatic N) is 1. The summed E-state index contributed by atoms with van der Waals surface area (Å²) in [6, 6.07) is 7.67. The Morgan fingerprint density at radius 1 is 0.822 bits per heavy atom. The second-order valence-electron chi connectivity index (χ2n) is 10.7. The molecule has 45 heavy (non-hydrogen) atoms. The minimum Gasteiger partial charge on any atom is -0.508 e. The fraction of sp³-hybridized carbons (Fsp3) is 0.400. The maximum Gasteiger partial charge on any atom is 0.326 e. The third-order valence-electron chi connectivity index (χ3n) is 7.27. The highest BCUT2D eigenvalue weighted by molar-refractivity contribution is 5.97. The van der Waals surface area contributed by atoms with Gasteiger partial charge in [0.1, 0.15) is 36.0 Å². The van der Waals surface area contributed by atoms with E-state index in [9.17, 15) is 49.2 Å². The Labute approximate surface area is 258 Å². The van der Waals surface area contributed by atoms with Crippen molar-refractivity contribution in [1.82, 2.24) is 20.9 Å². The van der Waals surface area contributed by atoms with Gasteiger partial charge in [-0.1, -0.05) is 42.5 Å². The Hall–Kier alpha value is -5.02. The molecule has 0 radical (unpaired) electrons. The summed E-state index contributed by atoms with van der Waals surface area (Å²) in [5.41, 5.74) is 6.80. The number of carbonyl (C=O) groups excluding carboxylic acids is 4. The SMILES string of the molecule is N[C@@H](CO)C(=O)N[C@@H](Cc1ccccc1)C(=O)N1CCC[C@H]1C(=O)N[C@@H](CC(=O)O)C(=O)N[C@@H](Cc1ccc(O)cc1)C(=O)O. The van der Waals surface area contributed by atoms with E-state index in [1.54, 1.807) is 30.3 Å². The molecule has 5 atom stereocenters. The molecule has 15 heteroatoms. The van der Waals surface area contributed by atoms with Gasteiger partial charge in [0.25, 0.3) is 0 Å². The maximum atomic E-state index is 13.7. The first-order valence-electron chi connectivity index (χ1n) is 14.2. The number of carboxylic acid groups (broad SMARTS) is 2. The number of aliphatic hydroxyl groups is 1. The summed E-state index contributed by atoms with van der Waals surface area (Å²) in [7, 11) is 0. The number of aromatic hydroxyl groups is 1. The quantitative estimate of drug-likeness (QED) is 0.113. The van der Waals surface area contributed by atoms with Crippen molar-refractivity contribution in [3.05, 3.63) is 65.7 Å². The van der Waals surface area contributed by atoms with E-state index in [0.29, 0.717) is 17.5 Å². The molecule has 9 N–H and O–H groups in total. The van der Waals surface area contributed by atoms with E-state index in [2.05, 4.69) is 16.0 Å². The first kappa shape index (κ1) is 34.5. The van der Waals surface area contributed by atoms with Crippen LogP contribution in [0.25, 0.3) is 0 Å². The summed E-state index contributed by atoms with van der Waals surface area (Å²) >= 11 is 0. The number of nitrogens with two attached hydrogens (primary N) is 1. The number of nitrogens with one attached hydrogen (secondary N) is 3. The smallest absolute Gasteiger partial charge is 0.326 e. The molecule has 1 fully saturated rings. The van der Waals surface area contributed by atoms with Crippen molar-refractivity contribution >= 4 is 35.6 Å². The molecule has 0 saturated carbocycles. The lowest BCUT2D eigenvalue weighted by Crippen LogP contribution is -2.59. The number of carbonyl (C=O) groups is 6. The first-order chi connectivity index (χ1) is 21.4. The van der Waals surface area contributed by atoms with Gasteiger partial charge in [0.05, 0.1) is 13.0 Å². The van der Waals surface area contributed by atoms with E-state index in [4.69, 9.17) is 5.73 Å². The summed E-state index contributed by atoms with van der Waals surface area (Å²) < 4.78 is 0. The summed E-state index contributed by atoms with van der Waals surface area (Å²) in [5, 5.41) is 45.0. The van der Waals surface area contributed by atoms with Gasteiger partial charge in [0.2, 0.25) is 23.6 Å². The average molecular weight is 628 g/mol. The maximum absolute atomic E-state index is 13.7. The predicted octanol–water partition coefficient (Wildman–Crippen LogP) is -1.50. The van der Waals surface area contributed by atoms with E-state index < -0.39 is 78.8 Å². The number of aliphatic carboxylic acids is 2. The lowest BCUT2D eigenvalue weighted by molar-refractivity contribution is -0.145. The minimum atomic E-state index is -1.67. The zero-order valence-electron chi connectivity index (χ0n) is 24.3. The molecule has 1 heterocycles. The highest BCUT2D eigenvalue weighted by Gasteiger charge is 2.40. The van der Waals surface area contributed by atoms with Crippen LogP contribution in [0.5, 0.6) is 5.75 Å². The van der Waals surface area contributed by atoms with Gasteiger partial charge in [0, 0.05) is 19.4 Å². The Bertz CT molecular complexity index is 1370. The molecule has 3 rings (SSSR count). The van der Waals surface area contributed by atoms with E-state index in [1.807, 2.05) is 0 Å². The standard InChI is InChI=1S/C30H37N5O10/c31-20(16-36)26(40)33-22(13-17-5-2-1-3-6-17)29(43)35-12-4-7-24(35)28(42)32-21(15-25(38)39)27(41)34-23(30(44)45)14-18-8-10-19(37)11-9-18/h1-3,5-6,8-11,20-24,36-37H,4,7,12-16,31H2,(H,32,42)(H,33,40)(H,34,41)(H,38,39)(H,44,45)/t20-,21-,22-,23-,24-/m0/s1. The van der Waals surface area contributed by atoms with E-state index in [1.165, 1.54) is 29.2 Å². The fourth-order valence-corrected chi connectivity index (χ4v) is 4.91. The van der Waals surface area contributed by atoms with Crippen LogP contribution in [-0.2, 0) is 41.6 Å². The summed E-state index contributed by atoms with van der Waals surface area (Å²) in [6.45, 7) is -0.523. The molecule has 1 aliphatic heterocycles. The molecular formula is C30H37N5O10. The second-order valence-corrected chi connectivity index (χ2v) is 10.7. The van der Waals surface area contributed by atoms with Crippen molar-refractivity contribution in [2.75, 3.05) is 13.2 Å². The largest absolute Gasteiger partial charge is 0.508 e. The van der Waals surface area contributed by atoms with Crippen molar-refractivity contribution in [3.63, 3.8) is 0 Å². The third-order valence-corrected chi connectivity index (χ3v) is 7.27. The number of phenolic OH excluding ortho intramolecular Hbond substituents is 1. The van der Waals surface area contributed by atoms with E-state index in [-0.39, 0.29) is 31.6 Å². The lowest BCUT2D eigenvalue weighted by atomic mass is 10.0. The molecule has 242 valence electrons. The van der Waals surface area contributed by atoms with Crippen LogP contribution in [0.15, 0.2) is 54.6 Å². The normalized spacial score (nSPS) is 16.9. The predicted molar refractivity (Wildman–Crippen MR) is 157 cm³/mol. The second kappa shape index (κ2) is 16.2. The van der Waals surface area contributed by atoms with Gasteiger partial charge >= 0.3 is 11.9 Å². The van der Waals surface area contributed by atoms with Crippen molar-refractivity contribution in [2.24, 2.45) is 5.73 Å². The zero-order chi connectivity index (χ0) is 33.1. The molecular weight excluding hydrogens is 590 g/mol. The van der Waals surface area contributed by atoms with Gasteiger partial charge in [0.15, 0.2) is 0 Å².